The predicted molar refractivity (Wildman–Crippen MR) is 295 cm³/mol. The molecule has 9 nitrogen and oxygen atoms in total. The first-order valence-electron chi connectivity index (χ1n) is 27.9. The topological polar surface area (TPSA) is 111 Å². The summed E-state index contributed by atoms with van der Waals surface area (Å²) in [5.41, 5.74) is 0. The van der Waals surface area contributed by atoms with Gasteiger partial charge in [0, 0.05) is 12.8 Å². The number of hydrogen-bond acceptors (Lipinski definition) is 6. The van der Waals surface area contributed by atoms with E-state index in [2.05, 4.69) is 86.8 Å². The van der Waals surface area contributed by atoms with Gasteiger partial charge >= 0.3 is 13.8 Å². The lowest BCUT2D eigenvalue weighted by Gasteiger charge is -2.27. The first kappa shape index (κ1) is 66.2. The zero-order chi connectivity index (χ0) is 50.8. The van der Waals surface area contributed by atoms with E-state index < -0.39 is 20.0 Å². The number of nitrogens with zero attached hydrogens (tertiary/aromatic N) is 1. The normalized spacial score (nSPS) is 14.5. The van der Waals surface area contributed by atoms with Gasteiger partial charge < -0.3 is 19.4 Å². The molecule has 0 aromatic rings. The minimum atomic E-state index is -4.47. The highest BCUT2D eigenvalue weighted by atomic mass is 31.2. The molecule has 3 unspecified atom stereocenters. The van der Waals surface area contributed by atoms with Crippen LogP contribution >= 0.6 is 7.82 Å². The van der Waals surface area contributed by atoms with Crippen LogP contribution in [0, 0.1) is 0 Å². The van der Waals surface area contributed by atoms with E-state index in [-0.39, 0.29) is 37.9 Å². The number of quaternary nitrogens is 1. The second-order valence-corrected chi connectivity index (χ2v) is 21.2. The van der Waals surface area contributed by atoms with Gasteiger partial charge in [-0.15, -0.1) is 0 Å². The molecule has 0 aliphatic heterocycles. The molecule has 1 amide bonds. The number of likely N-dealkylation sites (N-methyl/N-ethyl adjacent to an activating group) is 1. The van der Waals surface area contributed by atoms with Crippen molar-refractivity contribution in [2.45, 2.75) is 238 Å². The zero-order valence-electron chi connectivity index (χ0n) is 45.3. The molecule has 0 fully saturated rings. The molecule has 0 rings (SSSR count). The fraction of sp³-hybridized carbons (Fsp3) is 0.729. The van der Waals surface area contributed by atoms with Crippen LogP contribution in [0.4, 0.5) is 0 Å². The number of allylic oxidation sites excluding steroid dienone is 13. The Morgan fingerprint density at radius 2 is 0.942 bits per heavy atom. The number of ether oxygens (including phenoxy) is 1. The van der Waals surface area contributed by atoms with Crippen LogP contribution in [0.5, 0.6) is 0 Å². The second-order valence-electron chi connectivity index (χ2n) is 19.7. The molecule has 0 spiro atoms. The van der Waals surface area contributed by atoms with Gasteiger partial charge in [0.2, 0.25) is 5.91 Å². The molecule has 0 saturated carbocycles. The lowest BCUT2D eigenvalue weighted by Crippen LogP contribution is -2.47. The third kappa shape index (κ3) is 49.9. The van der Waals surface area contributed by atoms with Crippen molar-refractivity contribution in [3.63, 3.8) is 0 Å². The maximum Gasteiger partial charge on any atom is 0.472 e. The molecule has 398 valence electrons. The van der Waals surface area contributed by atoms with Gasteiger partial charge in [-0.3, -0.25) is 18.6 Å². The molecule has 0 bridgehead atoms. The molecule has 2 N–H and O–H groups in total. The van der Waals surface area contributed by atoms with E-state index in [1.54, 1.807) is 0 Å². The van der Waals surface area contributed by atoms with Gasteiger partial charge in [-0.2, -0.15) is 0 Å². The Bertz CT molecular complexity index is 1460. The predicted octanol–water partition coefficient (Wildman–Crippen LogP) is 16.7. The van der Waals surface area contributed by atoms with Crippen molar-refractivity contribution >= 4 is 19.7 Å². The molecule has 10 heteroatoms. The third-order valence-electron chi connectivity index (χ3n) is 11.8. The second kappa shape index (κ2) is 48.8. The SMILES string of the molecule is CC/C=C/C/C=C/C/C=C/C/C=C/C/C=C/CCC(=O)NC(COP(=O)(O)OCC[N+](C)(C)C)C(/C=C/CCCCCCCCCCCCC)OC(=O)CCCCC/C=C\CCCCCCCCC. The molecule has 0 saturated heterocycles. The van der Waals surface area contributed by atoms with Crippen LogP contribution in [0.2, 0.25) is 0 Å². The Morgan fingerprint density at radius 3 is 1.42 bits per heavy atom. The fourth-order valence-electron chi connectivity index (χ4n) is 7.51. The van der Waals surface area contributed by atoms with Crippen molar-refractivity contribution in [3.8, 4) is 0 Å². The molecule has 0 aromatic heterocycles. The molecule has 69 heavy (non-hydrogen) atoms. The summed E-state index contributed by atoms with van der Waals surface area (Å²) in [5, 5.41) is 2.99. The summed E-state index contributed by atoms with van der Waals surface area (Å²) >= 11 is 0. The molecule has 0 radical (unpaired) electrons. The summed E-state index contributed by atoms with van der Waals surface area (Å²) in [6.45, 7) is 6.81. The maximum atomic E-state index is 13.4. The number of hydrogen-bond donors (Lipinski definition) is 2. The lowest BCUT2D eigenvalue weighted by atomic mass is 10.0. The molecular weight excluding hydrogens is 880 g/mol. The maximum absolute atomic E-state index is 13.4. The molecule has 3 atom stereocenters. The summed E-state index contributed by atoms with van der Waals surface area (Å²) in [5.74, 6) is -0.624. The first-order chi connectivity index (χ1) is 33.4. The number of unbranched alkanes of at least 4 members (excludes halogenated alkanes) is 21. The van der Waals surface area contributed by atoms with Crippen molar-refractivity contribution in [1.29, 1.82) is 0 Å². The van der Waals surface area contributed by atoms with Crippen LogP contribution < -0.4 is 5.32 Å². The smallest absolute Gasteiger partial charge is 0.456 e. The number of phosphoric ester groups is 1. The number of nitrogens with one attached hydrogen (secondary N) is 1. The van der Waals surface area contributed by atoms with Crippen LogP contribution in [0.25, 0.3) is 0 Å². The van der Waals surface area contributed by atoms with Crippen molar-refractivity contribution < 1.29 is 37.3 Å². The Balaban J connectivity index is 5.54. The number of carbonyl (C=O) groups excluding carboxylic acids is 2. The number of esters is 1. The van der Waals surface area contributed by atoms with E-state index in [0.29, 0.717) is 23.9 Å². The number of carbonyl (C=O) groups is 2. The van der Waals surface area contributed by atoms with E-state index >= 15 is 0 Å². The summed E-state index contributed by atoms with van der Waals surface area (Å²) in [4.78, 5) is 37.5. The fourth-order valence-corrected chi connectivity index (χ4v) is 8.24. The minimum absolute atomic E-state index is 0.0216. The monoisotopic (exact) mass is 986 g/mol. The van der Waals surface area contributed by atoms with Gasteiger partial charge in [-0.1, -0.05) is 209 Å². The molecular formula is C59H106N2O7P+. The Morgan fingerprint density at radius 1 is 0.522 bits per heavy atom. The van der Waals surface area contributed by atoms with Gasteiger partial charge in [-0.25, -0.2) is 4.57 Å². The summed E-state index contributed by atoms with van der Waals surface area (Å²) in [6.07, 6.45) is 63.1. The first-order valence-corrected chi connectivity index (χ1v) is 29.4. The highest BCUT2D eigenvalue weighted by Gasteiger charge is 2.30. The largest absolute Gasteiger partial charge is 0.472 e. The Hall–Kier alpha value is -2.81. The molecule has 0 heterocycles. The molecule has 0 aliphatic carbocycles. The van der Waals surface area contributed by atoms with E-state index in [1.807, 2.05) is 45.4 Å². The van der Waals surface area contributed by atoms with Gasteiger partial charge in [-0.05, 0) is 89.5 Å². The van der Waals surface area contributed by atoms with E-state index in [1.165, 1.54) is 103 Å². The van der Waals surface area contributed by atoms with E-state index in [9.17, 15) is 19.0 Å². The summed E-state index contributed by atoms with van der Waals surface area (Å²) in [7, 11) is 1.43. The van der Waals surface area contributed by atoms with Gasteiger partial charge in [0.1, 0.15) is 19.3 Å². The zero-order valence-corrected chi connectivity index (χ0v) is 46.2. The van der Waals surface area contributed by atoms with Crippen molar-refractivity contribution in [2.24, 2.45) is 0 Å². The van der Waals surface area contributed by atoms with Crippen LogP contribution in [-0.4, -0.2) is 74.3 Å². The lowest BCUT2D eigenvalue weighted by molar-refractivity contribution is -0.870. The third-order valence-corrected chi connectivity index (χ3v) is 12.8. The number of rotatable bonds is 49. The summed E-state index contributed by atoms with van der Waals surface area (Å²) < 4.78 is 30.5. The average Bonchev–Trinajstić information content (AvgIpc) is 3.31. The van der Waals surface area contributed by atoms with Gasteiger partial charge in [0.25, 0.3) is 0 Å². The van der Waals surface area contributed by atoms with Crippen molar-refractivity contribution in [3.05, 3.63) is 85.1 Å². The van der Waals surface area contributed by atoms with E-state index in [4.69, 9.17) is 13.8 Å². The highest BCUT2D eigenvalue weighted by molar-refractivity contribution is 7.47. The van der Waals surface area contributed by atoms with Crippen LogP contribution in [-0.2, 0) is 27.9 Å². The molecule has 0 aliphatic rings. The van der Waals surface area contributed by atoms with Crippen molar-refractivity contribution in [1.82, 2.24) is 5.32 Å². The average molecular weight is 986 g/mol. The number of phosphoric acid groups is 1. The highest BCUT2D eigenvalue weighted by Crippen LogP contribution is 2.43. The van der Waals surface area contributed by atoms with Gasteiger partial charge in [0.05, 0.1) is 33.8 Å². The standard InChI is InChI=1S/C59H105N2O7P/c1-7-10-13-16-19-22-25-28-30-31-33-36-39-42-45-48-51-58(62)60-56(55-67-69(64,65)66-54-53-61(4,5)6)57(50-47-44-41-38-35-32-27-24-21-18-15-12-9-3)68-59(63)52-49-46-43-40-37-34-29-26-23-20-17-14-11-8-2/h10,13,19,22,28,30,33-34,36-37,42,45,47,50,56-57H,7-9,11-12,14-18,20-21,23-27,29,31-32,35,38-41,43-44,46,48-49,51-55H2,1-6H3,(H-,60,62,64,65)/p+1/b13-10+,22-19+,30-28+,36-33+,37-34-,45-42+,50-47+. The van der Waals surface area contributed by atoms with Crippen LogP contribution in [0.15, 0.2) is 85.1 Å². The van der Waals surface area contributed by atoms with Crippen molar-refractivity contribution in [2.75, 3.05) is 40.9 Å². The minimum Gasteiger partial charge on any atom is -0.456 e. The van der Waals surface area contributed by atoms with Crippen LogP contribution in [0.3, 0.4) is 0 Å². The number of amides is 1. The Labute approximate surface area is 425 Å². The Kier molecular flexibility index (Phi) is 46.8. The van der Waals surface area contributed by atoms with Crippen LogP contribution in [0.1, 0.15) is 226 Å². The summed E-state index contributed by atoms with van der Waals surface area (Å²) in [6, 6.07) is -0.896. The van der Waals surface area contributed by atoms with Gasteiger partial charge in [0.15, 0.2) is 0 Å². The molecule has 0 aromatic carbocycles. The van der Waals surface area contributed by atoms with E-state index in [0.717, 1.165) is 77.0 Å². The quantitative estimate of drug-likeness (QED) is 0.0205.